The summed E-state index contributed by atoms with van der Waals surface area (Å²) in [5.74, 6) is -0.343. The van der Waals surface area contributed by atoms with Gasteiger partial charge < -0.3 is 5.32 Å². The molecule has 3 rings (SSSR count). The first-order chi connectivity index (χ1) is 13.9. The Morgan fingerprint density at radius 1 is 1.07 bits per heavy atom. The highest BCUT2D eigenvalue weighted by atomic mass is 32.2. The highest BCUT2D eigenvalue weighted by Gasteiger charge is 2.24. The van der Waals surface area contributed by atoms with Crippen LogP contribution in [0.4, 0.5) is 11.4 Å². The summed E-state index contributed by atoms with van der Waals surface area (Å²) in [5, 5.41) is 14.6. The Hall–Kier alpha value is -2.94. The molecule has 8 nitrogen and oxygen atoms in total. The topological polar surface area (TPSA) is 118 Å². The Labute approximate surface area is 169 Å². The summed E-state index contributed by atoms with van der Waals surface area (Å²) in [6.07, 6.45) is 5.70. The van der Waals surface area contributed by atoms with Crippen molar-refractivity contribution in [3.8, 4) is 0 Å². The summed E-state index contributed by atoms with van der Waals surface area (Å²) in [6, 6.07) is 11.5. The van der Waals surface area contributed by atoms with Crippen LogP contribution in [-0.2, 0) is 10.0 Å². The van der Waals surface area contributed by atoms with Crippen molar-refractivity contribution in [1.29, 1.82) is 0 Å². The normalized spacial score (nSPS) is 14.9. The molecule has 0 aliphatic heterocycles. The van der Waals surface area contributed by atoms with Gasteiger partial charge in [-0.05, 0) is 43.0 Å². The summed E-state index contributed by atoms with van der Waals surface area (Å²) in [7, 11) is -4.25. The number of benzene rings is 2. The largest absolute Gasteiger partial charge is 0.379 e. The first-order valence-electron chi connectivity index (χ1n) is 9.51. The van der Waals surface area contributed by atoms with Crippen molar-refractivity contribution in [3.63, 3.8) is 0 Å². The lowest BCUT2D eigenvalue weighted by molar-refractivity contribution is -0.384. The third-order valence-electron chi connectivity index (χ3n) is 5.05. The molecule has 1 aliphatic carbocycles. The van der Waals surface area contributed by atoms with E-state index in [-0.39, 0.29) is 21.8 Å². The lowest BCUT2D eigenvalue weighted by atomic mass is 9.89. The maximum Gasteiger partial charge on any atom is 0.293 e. The average Bonchev–Trinajstić information content (AvgIpc) is 2.73. The fraction of sp³-hybridized carbons (Fsp3) is 0.350. The third kappa shape index (κ3) is 5.32. The second kappa shape index (κ2) is 9.04. The van der Waals surface area contributed by atoms with Crippen molar-refractivity contribution < 1.29 is 18.1 Å². The van der Waals surface area contributed by atoms with Gasteiger partial charge in [-0.2, -0.15) is 0 Å². The molecule has 9 heteroatoms. The van der Waals surface area contributed by atoms with Gasteiger partial charge in [0.15, 0.2) is 0 Å². The Morgan fingerprint density at radius 2 is 1.76 bits per heavy atom. The molecule has 0 aromatic heterocycles. The number of nitro benzene ring substituents is 1. The fourth-order valence-electron chi connectivity index (χ4n) is 3.45. The molecular formula is C20H23N3O5S. The van der Waals surface area contributed by atoms with Crippen molar-refractivity contribution in [2.24, 2.45) is 5.92 Å². The van der Waals surface area contributed by atoms with Crippen LogP contribution in [-0.4, -0.2) is 25.8 Å². The molecule has 0 bridgehead atoms. The van der Waals surface area contributed by atoms with Crippen LogP contribution in [0.15, 0.2) is 53.4 Å². The first kappa shape index (κ1) is 20.8. The van der Waals surface area contributed by atoms with Gasteiger partial charge in [0.2, 0.25) is 0 Å². The molecule has 0 unspecified atom stereocenters. The second-order valence-corrected chi connectivity index (χ2v) is 8.80. The van der Waals surface area contributed by atoms with E-state index in [4.69, 9.17) is 0 Å². The van der Waals surface area contributed by atoms with Crippen LogP contribution >= 0.6 is 0 Å². The Bertz CT molecular complexity index is 986. The minimum atomic E-state index is -4.25. The van der Waals surface area contributed by atoms with E-state index in [9.17, 15) is 23.3 Å². The summed E-state index contributed by atoms with van der Waals surface area (Å²) < 4.78 is 27.0. The standard InChI is InChI=1S/C20H23N3O5S/c24-20(16-9-5-2-6-10-16)22-29(27,28)17-11-12-18(19(13-17)23(25)26)21-14-15-7-3-1-4-8-15/h2,5-6,9-13,15,21H,1,3-4,7-8,14H2,(H,22,24). The zero-order chi connectivity index (χ0) is 20.9. The number of nitrogens with one attached hydrogen (secondary N) is 2. The van der Waals surface area contributed by atoms with Crippen LogP contribution in [0, 0.1) is 16.0 Å². The van der Waals surface area contributed by atoms with Gasteiger partial charge in [-0.1, -0.05) is 37.5 Å². The van der Waals surface area contributed by atoms with Crippen LogP contribution < -0.4 is 10.0 Å². The lowest BCUT2D eigenvalue weighted by Gasteiger charge is -2.22. The number of anilines is 1. The highest BCUT2D eigenvalue weighted by molar-refractivity contribution is 7.90. The number of amides is 1. The molecule has 1 aliphatic rings. The van der Waals surface area contributed by atoms with E-state index >= 15 is 0 Å². The number of carbonyl (C=O) groups excluding carboxylic acids is 1. The third-order valence-corrected chi connectivity index (χ3v) is 6.37. The van der Waals surface area contributed by atoms with E-state index in [1.165, 1.54) is 30.7 Å². The van der Waals surface area contributed by atoms with Crippen LogP contribution in [0.2, 0.25) is 0 Å². The van der Waals surface area contributed by atoms with E-state index in [2.05, 4.69) is 5.32 Å². The van der Waals surface area contributed by atoms with Crippen LogP contribution in [0.5, 0.6) is 0 Å². The number of sulfonamides is 1. The monoisotopic (exact) mass is 417 g/mol. The molecule has 1 amide bonds. The maximum atomic E-state index is 12.5. The SMILES string of the molecule is O=C(NS(=O)(=O)c1ccc(NCC2CCCCC2)c([N+](=O)[O-])c1)c1ccccc1. The predicted octanol–water partition coefficient (Wildman–Crippen LogP) is 3.71. The molecule has 2 aromatic rings. The van der Waals surface area contributed by atoms with Gasteiger partial charge >= 0.3 is 0 Å². The highest BCUT2D eigenvalue weighted by Crippen LogP contribution is 2.29. The Balaban J connectivity index is 1.77. The van der Waals surface area contributed by atoms with Crippen LogP contribution in [0.1, 0.15) is 42.5 Å². The number of nitro groups is 1. The number of hydrogen-bond donors (Lipinski definition) is 2. The molecule has 0 heterocycles. The Kier molecular flexibility index (Phi) is 6.48. The first-order valence-corrected chi connectivity index (χ1v) is 11.0. The second-order valence-electron chi connectivity index (χ2n) is 7.12. The Morgan fingerprint density at radius 3 is 2.41 bits per heavy atom. The zero-order valence-electron chi connectivity index (χ0n) is 15.8. The van der Waals surface area contributed by atoms with Gasteiger partial charge in [-0.3, -0.25) is 14.9 Å². The van der Waals surface area contributed by atoms with E-state index in [1.807, 2.05) is 4.72 Å². The molecule has 154 valence electrons. The molecule has 0 saturated heterocycles. The molecule has 1 saturated carbocycles. The van der Waals surface area contributed by atoms with Crippen molar-refractivity contribution >= 4 is 27.3 Å². The van der Waals surface area contributed by atoms with E-state index in [0.717, 1.165) is 31.7 Å². The summed E-state index contributed by atoms with van der Waals surface area (Å²) >= 11 is 0. The zero-order valence-corrected chi connectivity index (χ0v) is 16.7. The average molecular weight is 417 g/mol. The number of nitrogens with zero attached hydrogens (tertiary/aromatic N) is 1. The van der Waals surface area contributed by atoms with Gasteiger partial charge in [0.25, 0.3) is 21.6 Å². The number of hydrogen-bond acceptors (Lipinski definition) is 6. The van der Waals surface area contributed by atoms with Crippen LogP contribution in [0.25, 0.3) is 0 Å². The van der Waals surface area contributed by atoms with Crippen molar-refractivity contribution in [3.05, 3.63) is 64.2 Å². The van der Waals surface area contributed by atoms with Crippen molar-refractivity contribution in [1.82, 2.24) is 4.72 Å². The van der Waals surface area contributed by atoms with Crippen molar-refractivity contribution in [2.45, 2.75) is 37.0 Å². The minimum Gasteiger partial charge on any atom is -0.379 e. The smallest absolute Gasteiger partial charge is 0.293 e. The molecule has 0 atom stereocenters. The van der Waals surface area contributed by atoms with Crippen LogP contribution in [0.3, 0.4) is 0 Å². The number of carbonyl (C=O) groups is 1. The predicted molar refractivity (Wildman–Crippen MR) is 109 cm³/mol. The minimum absolute atomic E-state index is 0.177. The summed E-state index contributed by atoms with van der Waals surface area (Å²) in [5.41, 5.74) is 0.112. The molecule has 29 heavy (non-hydrogen) atoms. The number of rotatable bonds is 7. The fourth-order valence-corrected chi connectivity index (χ4v) is 4.45. The van der Waals surface area contributed by atoms with Gasteiger partial charge in [-0.25, -0.2) is 13.1 Å². The van der Waals surface area contributed by atoms with E-state index in [1.54, 1.807) is 18.2 Å². The van der Waals surface area contributed by atoms with Gasteiger partial charge in [0.1, 0.15) is 5.69 Å². The van der Waals surface area contributed by atoms with Gasteiger partial charge in [0.05, 0.1) is 9.82 Å². The maximum absolute atomic E-state index is 12.5. The molecular weight excluding hydrogens is 394 g/mol. The van der Waals surface area contributed by atoms with E-state index in [0.29, 0.717) is 12.5 Å². The quantitative estimate of drug-likeness (QED) is 0.524. The van der Waals surface area contributed by atoms with Crippen molar-refractivity contribution in [2.75, 3.05) is 11.9 Å². The lowest BCUT2D eigenvalue weighted by Crippen LogP contribution is -2.30. The molecule has 0 spiro atoms. The van der Waals surface area contributed by atoms with Gasteiger partial charge in [-0.15, -0.1) is 0 Å². The molecule has 1 fully saturated rings. The summed E-state index contributed by atoms with van der Waals surface area (Å²) in [4.78, 5) is 22.7. The molecule has 2 N–H and O–H groups in total. The molecule has 2 aromatic carbocycles. The van der Waals surface area contributed by atoms with Gasteiger partial charge in [0, 0.05) is 18.2 Å². The summed E-state index contributed by atoms with van der Waals surface area (Å²) in [6.45, 7) is 0.609. The molecule has 0 radical (unpaired) electrons. The van der Waals surface area contributed by atoms with E-state index < -0.39 is 20.9 Å².